The third kappa shape index (κ3) is 4.17. The largest absolute Gasteiger partial charge is 0.395 e. The zero-order valence-corrected chi connectivity index (χ0v) is 12.8. The Morgan fingerprint density at radius 1 is 1.16 bits per heavy atom. The molecule has 2 N–H and O–H groups in total. The molecular weight excluding hydrogens is 236 g/mol. The van der Waals surface area contributed by atoms with Crippen LogP contribution in [0.25, 0.3) is 0 Å². The van der Waals surface area contributed by atoms with Crippen molar-refractivity contribution in [2.45, 2.75) is 64.0 Å². The van der Waals surface area contributed by atoms with E-state index in [1.54, 1.807) is 0 Å². The Morgan fingerprint density at radius 2 is 1.89 bits per heavy atom. The fourth-order valence-corrected chi connectivity index (χ4v) is 4.20. The van der Waals surface area contributed by atoms with Crippen molar-refractivity contribution < 1.29 is 5.11 Å². The van der Waals surface area contributed by atoms with E-state index in [9.17, 15) is 5.11 Å². The van der Waals surface area contributed by atoms with Crippen LogP contribution in [0.3, 0.4) is 0 Å². The second-order valence-corrected chi connectivity index (χ2v) is 6.73. The summed E-state index contributed by atoms with van der Waals surface area (Å²) in [7, 11) is 2.11. The van der Waals surface area contributed by atoms with Crippen LogP contribution in [0.2, 0.25) is 0 Å². The third-order valence-corrected chi connectivity index (χ3v) is 5.31. The second-order valence-electron chi connectivity index (χ2n) is 6.73. The Morgan fingerprint density at radius 3 is 2.53 bits per heavy atom. The molecule has 0 aromatic rings. The Hall–Kier alpha value is -0.120. The SMILES string of the molecule is CNC1CCC(C)CC1CN(CCO)C1CCCC1. The molecule has 112 valence electrons. The highest BCUT2D eigenvalue weighted by Crippen LogP contribution is 2.31. The molecule has 3 nitrogen and oxygen atoms in total. The van der Waals surface area contributed by atoms with Gasteiger partial charge in [-0.25, -0.2) is 0 Å². The first-order chi connectivity index (χ1) is 9.24. The van der Waals surface area contributed by atoms with Crippen LogP contribution in [0.5, 0.6) is 0 Å². The molecule has 0 amide bonds. The molecule has 2 fully saturated rings. The van der Waals surface area contributed by atoms with Crippen LogP contribution in [0.1, 0.15) is 51.9 Å². The molecular formula is C16H32N2O. The molecule has 2 aliphatic rings. The molecule has 0 aromatic carbocycles. The lowest BCUT2D eigenvalue weighted by atomic mass is 9.78. The van der Waals surface area contributed by atoms with E-state index in [-0.39, 0.29) is 0 Å². The number of aliphatic hydroxyl groups excluding tert-OH is 1. The van der Waals surface area contributed by atoms with Crippen LogP contribution < -0.4 is 5.32 Å². The number of rotatable bonds is 6. The normalized spacial score (nSPS) is 33.2. The molecule has 2 rings (SSSR count). The van der Waals surface area contributed by atoms with E-state index in [1.807, 2.05) is 0 Å². The monoisotopic (exact) mass is 268 g/mol. The number of nitrogens with one attached hydrogen (secondary N) is 1. The summed E-state index contributed by atoms with van der Waals surface area (Å²) in [4.78, 5) is 2.58. The molecule has 0 heterocycles. The van der Waals surface area contributed by atoms with Crippen molar-refractivity contribution in [1.82, 2.24) is 10.2 Å². The van der Waals surface area contributed by atoms with Crippen molar-refractivity contribution in [3.8, 4) is 0 Å². The maximum absolute atomic E-state index is 9.34. The van der Waals surface area contributed by atoms with Crippen molar-refractivity contribution >= 4 is 0 Å². The predicted molar refractivity (Wildman–Crippen MR) is 80.3 cm³/mol. The molecule has 19 heavy (non-hydrogen) atoms. The van der Waals surface area contributed by atoms with Gasteiger partial charge in [-0.3, -0.25) is 4.90 Å². The van der Waals surface area contributed by atoms with Gasteiger partial charge in [0.15, 0.2) is 0 Å². The summed E-state index contributed by atoms with van der Waals surface area (Å²) in [6.45, 7) is 4.75. The molecule has 0 bridgehead atoms. The molecule has 0 saturated heterocycles. The number of aliphatic hydroxyl groups is 1. The van der Waals surface area contributed by atoms with Crippen molar-refractivity contribution in [3.63, 3.8) is 0 Å². The summed E-state index contributed by atoms with van der Waals surface area (Å²) < 4.78 is 0. The standard InChI is InChI=1S/C16H32N2O/c1-13-7-8-16(17-2)14(11-13)12-18(9-10-19)15-5-3-4-6-15/h13-17,19H,3-12H2,1-2H3. The van der Waals surface area contributed by atoms with Crippen LogP contribution in [-0.4, -0.2) is 48.8 Å². The van der Waals surface area contributed by atoms with E-state index in [4.69, 9.17) is 0 Å². The van der Waals surface area contributed by atoms with E-state index >= 15 is 0 Å². The van der Waals surface area contributed by atoms with Crippen LogP contribution >= 0.6 is 0 Å². The zero-order chi connectivity index (χ0) is 13.7. The highest BCUT2D eigenvalue weighted by atomic mass is 16.3. The Balaban J connectivity index is 1.93. The molecule has 3 heteroatoms. The van der Waals surface area contributed by atoms with E-state index < -0.39 is 0 Å². The Bertz CT molecular complexity index is 251. The highest BCUT2D eigenvalue weighted by molar-refractivity contribution is 4.87. The smallest absolute Gasteiger partial charge is 0.0558 e. The van der Waals surface area contributed by atoms with Crippen molar-refractivity contribution in [2.75, 3.05) is 26.7 Å². The Labute approximate surface area is 118 Å². The average Bonchev–Trinajstić information content (AvgIpc) is 2.92. The summed E-state index contributed by atoms with van der Waals surface area (Å²) >= 11 is 0. The van der Waals surface area contributed by atoms with E-state index in [0.717, 1.165) is 24.4 Å². The zero-order valence-electron chi connectivity index (χ0n) is 12.8. The molecule has 0 aromatic heterocycles. The minimum Gasteiger partial charge on any atom is -0.395 e. The molecule has 0 aliphatic heterocycles. The fourth-order valence-electron chi connectivity index (χ4n) is 4.20. The minimum absolute atomic E-state index is 0.309. The van der Waals surface area contributed by atoms with E-state index in [2.05, 4.69) is 24.2 Å². The lowest BCUT2D eigenvalue weighted by Crippen LogP contribution is -2.47. The van der Waals surface area contributed by atoms with Crippen molar-refractivity contribution in [1.29, 1.82) is 0 Å². The van der Waals surface area contributed by atoms with Gasteiger partial charge in [0, 0.05) is 25.2 Å². The van der Waals surface area contributed by atoms with Gasteiger partial charge in [-0.15, -0.1) is 0 Å². The van der Waals surface area contributed by atoms with Crippen LogP contribution in [0, 0.1) is 11.8 Å². The summed E-state index contributed by atoms with van der Waals surface area (Å²) in [6.07, 6.45) is 9.47. The van der Waals surface area contributed by atoms with Gasteiger partial charge in [-0.05, 0) is 51.0 Å². The fraction of sp³-hybridized carbons (Fsp3) is 1.00. The second kappa shape index (κ2) is 7.61. The van der Waals surface area contributed by atoms with Gasteiger partial charge in [0.05, 0.1) is 6.61 Å². The topological polar surface area (TPSA) is 35.5 Å². The number of hydrogen-bond acceptors (Lipinski definition) is 3. The van der Waals surface area contributed by atoms with E-state index in [0.29, 0.717) is 12.6 Å². The van der Waals surface area contributed by atoms with Gasteiger partial charge in [-0.2, -0.15) is 0 Å². The molecule has 0 radical (unpaired) electrons. The maximum atomic E-state index is 9.34. The van der Waals surface area contributed by atoms with Gasteiger partial charge < -0.3 is 10.4 Å². The lowest BCUT2D eigenvalue weighted by molar-refractivity contribution is 0.0974. The predicted octanol–water partition coefficient (Wildman–Crippen LogP) is 2.25. The molecule has 3 atom stereocenters. The first kappa shape index (κ1) is 15.3. The van der Waals surface area contributed by atoms with Crippen LogP contribution in [0.4, 0.5) is 0 Å². The molecule has 2 saturated carbocycles. The number of hydrogen-bond donors (Lipinski definition) is 2. The summed E-state index contributed by atoms with van der Waals surface area (Å²) in [5.41, 5.74) is 0. The Kier molecular flexibility index (Phi) is 6.11. The lowest BCUT2D eigenvalue weighted by Gasteiger charge is -2.39. The maximum Gasteiger partial charge on any atom is 0.0558 e. The summed E-state index contributed by atoms with van der Waals surface area (Å²) in [5, 5.41) is 12.9. The minimum atomic E-state index is 0.309. The van der Waals surface area contributed by atoms with Crippen molar-refractivity contribution in [3.05, 3.63) is 0 Å². The van der Waals surface area contributed by atoms with E-state index in [1.165, 1.54) is 51.5 Å². The number of nitrogens with zero attached hydrogens (tertiary/aromatic N) is 1. The third-order valence-electron chi connectivity index (χ3n) is 5.31. The van der Waals surface area contributed by atoms with Gasteiger partial charge in [0.1, 0.15) is 0 Å². The highest BCUT2D eigenvalue weighted by Gasteiger charge is 2.31. The van der Waals surface area contributed by atoms with Gasteiger partial charge >= 0.3 is 0 Å². The summed E-state index contributed by atoms with van der Waals surface area (Å²) in [5.74, 6) is 1.63. The first-order valence-electron chi connectivity index (χ1n) is 8.26. The van der Waals surface area contributed by atoms with Gasteiger partial charge in [0.25, 0.3) is 0 Å². The first-order valence-corrected chi connectivity index (χ1v) is 8.26. The molecule has 2 aliphatic carbocycles. The quantitative estimate of drug-likeness (QED) is 0.775. The summed E-state index contributed by atoms with van der Waals surface area (Å²) in [6, 6.07) is 1.42. The average molecular weight is 268 g/mol. The van der Waals surface area contributed by atoms with Crippen LogP contribution in [-0.2, 0) is 0 Å². The molecule has 0 spiro atoms. The van der Waals surface area contributed by atoms with Crippen LogP contribution in [0.15, 0.2) is 0 Å². The molecule has 3 unspecified atom stereocenters. The van der Waals surface area contributed by atoms with Gasteiger partial charge in [-0.1, -0.05) is 19.8 Å². The van der Waals surface area contributed by atoms with Crippen molar-refractivity contribution in [2.24, 2.45) is 11.8 Å². The van der Waals surface area contributed by atoms with Gasteiger partial charge in [0.2, 0.25) is 0 Å².